The molecule has 128 valence electrons. The molecule has 23 heavy (non-hydrogen) atoms. The molecule has 0 radical (unpaired) electrons. The smallest absolute Gasteiger partial charge is 0.387 e. The first kappa shape index (κ1) is 17.6. The van der Waals surface area contributed by atoms with Crippen LogP contribution in [0.4, 0.5) is 14.5 Å². The number of nitro benzene ring substituents is 1. The van der Waals surface area contributed by atoms with Crippen molar-refractivity contribution in [3.8, 4) is 5.75 Å². The van der Waals surface area contributed by atoms with E-state index in [1.54, 1.807) is 11.9 Å². The highest BCUT2D eigenvalue weighted by Gasteiger charge is 2.32. The first-order valence-corrected chi connectivity index (χ1v) is 7.42. The quantitative estimate of drug-likeness (QED) is 0.614. The van der Waals surface area contributed by atoms with Crippen molar-refractivity contribution in [1.82, 2.24) is 4.90 Å². The Kier molecular flexibility index (Phi) is 5.48. The lowest BCUT2D eigenvalue weighted by molar-refractivity contribution is -0.385. The lowest BCUT2D eigenvalue weighted by Gasteiger charge is -2.29. The fourth-order valence-corrected chi connectivity index (χ4v) is 3.05. The maximum atomic E-state index is 12.5. The minimum absolute atomic E-state index is 0.0872. The third kappa shape index (κ3) is 4.84. The number of hydrogen-bond acceptors (Lipinski definition) is 5. The molecule has 0 atom stereocenters. The Balaban J connectivity index is 2.14. The second-order valence-electron chi connectivity index (χ2n) is 6.03. The lowest BCUT2D eigenvalue weighted by atomic mass is 10.0. The molecule has 0 amide bonds. The number of nitrogens with zero attached hydrogens (tertiary/aromatic N) is 2. The molecule has 0 bridgehead atoms. The SMILES string of the molecule is CN(Cc1cc([N+](=O)[O-])ccc1OC(F)F)CC1(O)CCCC1. The second kappa shape index (κ2) is 7.18. The summed E-state index contributed by atoms with van der Waals surface area (Å²) in [4.78, 5) is 12.0. The van der Waals surface area contributed by atoms with Gasteiger partial charge in [0.15, 0.2) is 0 Å². The minimum atomic E-state index is -3.00. The monoisotopic (exact) mass is 330 g/mol. The van der Waals surface area contributed by atoms with E-state index in [0.29, 0.717) is 24.9 Å². The van der Waals surface area contributed by atoms with Crippen LogP contribution < -0.4 is 4.74 Å². The van der Waals surface area contributed by atoms with Crippen molar-refractivity contribution in [3.63, 3.8) is 0 Å². The normalized spacial score (nSPS) is 17.0. The van der Waals surface area contributed by atoms with Crippen molar-refractivity contribution in [2.24, 2.45) is 0 Å². The zero-order valence-corrected chi connectivity index (χ0v) is 12.9. The van der Waals surface area contributed by atoms with Crippen molar-refractivity contribution in [2.75, 3.05) is 13.6 Å². The molecule has 0 aromatic heterocycles. The molecule has 0 spiro atoms. The summed E-state index contributed by atoms with van der Waals surface area (Å²) in [5.74, 6) is -0.0872. The van der Waals surface area contributed by atoms with E-state index >= 15 is 0 Å². The van der Waals surface area contributed by atoms with Gasteiger partial charge in [-0.1, -0.05) is 12.8 Å². The summed E-state index contributed by atoms with van der Waals surface area (Å²) in [5, 5.41) is 21.3. The highest BCUT2D eigenvalue weighted by Crippen LogP contribution is 2.31. The largest absolute Gasteiger partial charge is 0.434 e. The highest BCUT2D eigenvalue weighted by molar-refractivity contribution is 5.43. The molecule has 1 N–H and O–H groups in total. The van der Waals surface area contributed by atoms with E-state index in [2.05, 4.69) is 4.74 Å². The first-order chi connectivity index (χ1) is 10.8. The number of rotatable bonds is 7. The Labute approximate surface area is 132 Å². The van der Waals surface area contributed by atoms with E-state index in [9.17, 15) is 24.0 Å². The molecular formula is C15H20F2N2O4. The highest BCUT2D eigenvalue weighted by atomic mass is 19.3. The Morgan fingerprint density at radius 2 is 2.09 bits per heavy atom. The number of likely N-dealkylation sites (N-methyl/N-ethyl adjacent to an activating group) is 1. The Morgan fingerprint density at radius 1 is 1.43 bits per heavy atom. The first-order valence-electron chi connectivity index (χ1n) is 7.42. The maximum absolute atomic E-state index is 12.5. The molecule has 6 nitrogen and oxygen atoms in total. The van der Waals surface area contributed by atoms with Crippen LogP contribution in [0.2, 0.25) is 0 Å². The number of hydrogen-bond donors (Lipinski definition) is 1. The van der Waals surface area contributed by atoms with Crippen molar-refractivity contribution < 1.29 is 23.5 Å². The van der Waals surface area contributed by atoms with Gasteiger partial charge in [0, 0.05) is 30.8 Å². The van der Waals surface area contributed by atoms with E-state index in [1.807, 2.05) is 0 Å². The minimum Gasteiger partial charge on any atom is -0.434 e. The summed E-state index contributed by atoms with van der Waals surface area (Å²) in [7, 11) is 1.74. The van der Waals surface area contributed by atoms with Crippen LogP contribution in [0.15, 0.2) is 18.2 Å². The van der Waals surface area contributed by atoms with Crippen LogP contribution in [0, 0.1) is 10.1 Å². The van der Waals surface area contributed by atoms with Gasteiger partial charge in [0.1, 0.15) is 5.75 Å². The van der Waals surface area contributed by atoms with Crippen LogP contribution in [0.3, 0.4) is 0 Å². The summed E-state index contributed by atoms with van der Waals surface area (Å²) >= 11 is 0. The molecule has 0 unspecified atom stereocenters. The zero-order valence-electron chi connectivity index (χ0n) is 12.9. The number of alkyl halides is 2. The summed E-state index contributed by atoms with van der Waals surface area (Å²) in [5.41, 5.74) is -0.669. The number of halogens is 2. The summed E-state index contributed by atoms with van der Waals surface area (Å²) in [6, 6.07) is 3.54. The van der Waals surface area contributed by atoms with E-state index in [4.69, 9.17) is 0 Å². The fraction of sp³-hybridized carbons (Fsp3) is 0.600. The van der Waals surface area contributed by atoms with Crippen LogP contribution in [0.1, 0.15) is 31.2 Å². The Hall–Kier alpha value is -1.80. The molecular weight excluding hydrogens is 310 g/mol. The molecule has 1 fully saturated rings. The number of aliphatic hydroxyl groups is 1. The number of nitro groups is 1. The van der Waals surface area contributed by atoms with E-state index in [-0.39, 0.29) is 18.0 Å². The number of non-ortho nitro benzene ring substituents is 1. The molecule has 2 rings (SSSR count). The third-order valence-corrected chi connectivity index (χ3v) is 4.01. The van der Waals surface area contributed by atoms with Gasteiger partial charge in [-0.15, -0.1) is 0 Å². The van der Waals surface area contributed by atoms with E-state index < -0.39 is 17.1 Å². The van der Waals surface area contributed by atoms with Gasteiger partial charge in [0.2, 0.25) is 0 Å². The molecule has 1 aliphatic carbocycles. The van der Waals surface area contributed by atoms with E-state index in [0.717, 1.165) is 18.9 Å². The van der Waals surface area contributed by atoms with Gasteiger partial charge in [-0.3, -0.25) is 15.0 Å². The Bertz CT molecular complexity index is 562. The third-order valence-electron chi connectivity index (χ3n) is 4.01. The second-order valence-corrected chi connectivity index (χ2v) is 6.03. The van der Waals surface area contributed by atoms with Gasteiger partial charge in [0.25, 0.3) is 5.69 Å². The van der Waals surface area contributed by atoms with Gasteiger partial charge < -0.3 is 9.84 Å². The van der Waals surface area contributed by atoms with Crippen LogP contribution in [0.5, 0.6) is 5.75 Å². The Morgan fingerprint density at radius 3 is 2.65 bits per heavy atom. The lowest BCUT2D eigenvalue weighted by Crippen LogP contribution is -2.38. The van der Waals surface area contributed by atoms with Gasteiger partial charge >= 0.3 is 6.61 Å². The van der Waals surface area contributed by atoms with Crippen molar-refractivity contribution in [1.29, 1.82) is 0 Å². The fourth-order valence-electron chi connectivity index (χ4n) is 3.05. The van der Waals surface area contributed by atoms with Crippen LogP contribution in [0.25, 0.3) is 0 Å². The van der Waals surface area contributed by atoms with Gasteiger partial charge in [-0.2, -0.15) is 8.78 Å². The van der Waals surface area contributed by atoms with Gasteiger partial charge in [0.05, 0.1) is 10.5 Å². The number of benzene rings is 1. The predicted molar refractivity (Wildman–Crippen MR) is 79.5 cm³/mol. The van der Waals surface area contributed by atoms with Gasteiger partial charge in [-0.25, -0.2) is 0 Å². The standard InChI is InChI=1S/C15H20F2N2O4/c1-18(10-15(20)6-2-3-7-15)9-11-8-12(19(21)22)4-5-13(11)23-14(16)17/h4-5,8,14,20H,2-3,6-7,9-10H2,1H3. The summed E-state index contributed by atoms with van der Waals surface area (Å²) in [6.07, 6.45) is 3.32. The molecule has 0 saturated heterocycles. The van der Waals surface area contributed by atoms with Crippen molar-refractivity contribution in [2.45, 2.75) is 44.4 Å². The average Bonchev–Trinajstić information content (AvgIpc) is 2.86. The number of ether oxygens (including phenoxy) is 1. The zero-order chi connectivity index (χ0) is 17.0. The molecule has 0 aliphatic heterocycles. The topological polar surface area (TPSA) is 75.8 Å². The van der Waals surface area contributed by atoms with Gasteiger partial charge in [-0.05, 0) is 26.0 Å². The maximum Gasteiger partial charge on any atom is 0.387 e. The van der Waals surface area contributed by atoms with E-state index in [1.165, 1.54) is 12.1 Å². The molecule has 1 aliphatic rings. The van der Waals surface area contributed by atoms with Crippen LogP contribution in [-0.2, 0) is 6.54 Å². The van der Waals surface area contributed by atoms with Crippen LogP contribution >= 0.6 is 0 Å². The van der Waals surface area contributed by atoms with Crippen molar-refractivity contribution in [3.05, 3.63) is 33.9 Å². The van der Waals surface area contributed by atoms with Crippen molar-refractivity contribution >= 4 is 5.69 Å². The molecule has 1 aromatic carbocycles. The summed E-state index contributed by atoms with van der Waals surface area (Å²) in [6.45, 7) is -2.45. The van der Waals surface area contributed by atoms with Crippen LogP contribution in [-0.4, -0.2) is 40.7 Å². The summed E-state index contributed by atoms with van der Waals surface area (Å²) < 4.78 is 29.4. The predicted octanol–water partition coefficient (Wildman–Crippen LogP) is 2.93. The molecule has 1 aromatic rings. The molecule has 8 heteroatoms. The average molecular weight is 330 g/mol. The molecule has 0 heterocycles. The molecule has 1 saturated carbocycles.